The molecule has 0 aliphatic carbocycles. The number of nitriles is 1. The van der Waals surface area contributed by atoms with Gasteiger partial charge in [-0.05, 0) is 24.8 Å². The first kappa shape index (κ1) is 13.7. The molecule has 0 unspecified atom stereocenters. The summed E-state index contributed by atoms with van der Waals surface area (Å²) >= 11 is 0. The topological polar surface area (TPSA) is 88.5 Å². The van der Waals surface area contributed by atoms with Gasteiger partial charge in [0.25, 0.3) is 0 Å². The summed E-state index contributed by atoms with van der Waals surface area (Å²) in [7, 11) is 1.46. The van der Waals surface area contributed by atoms with Crippen LogP contribution in [0.2, 0.25) is 0 Å². The molecule has 0 radical (unpaired) electrons. The van der Waals surface area contributed by atoms with E-state index >= 15 is 0 Å². The Balaban J connectivity index is 2.34. The number of methoxy groups -OCH3 is 1. The first-order chi connectivity index (χ1) is 9.17. The number of rotatable bonds is 3. The average Bonchev–Trinajstić information content (AvgIpc) is 2.47. The van der Waals surface area contributed by atoms with E-state index < -0.39 is 0 Å². The van der Waals surface area contributed by atoms with Gasteiger partial charge in [0.2, 0.25) is 0 Å². The molecule has 0 amide bonds. The van der Waals surface area contributed by atoms with Crippen molar-refractivity contribution in [2.45, 2.75) is 18.9 Å². The van der Waals surface area contributed by atoms with Crippen molar-refractivity contribution in [3.05, 3.63) is 23.3 Å². The molecule has 1 saturated heterocycles. The smallest absolute Gasteiger partial charge is 0.162 e. The fourth-order valence-corrected chi connectivity index (χ4v) is 2.43. The maximum absolute atomic E-state index is 10.2. The summed E-state index contributed by atoms with van der Waals surface area (Å²) in [6.07, 6.45) is 1.72. The highest BCUT2D eigenvalue weighted by atomic mass is 16.5. The van der Waals surface area contributed by atoms with Crippen molar-refractivity contribution in [1.82, 2.24) is 0 Å². The fourth-order valence-electron chi connectivity index (χ4n) is 2.43. The summed E-state index contributed by atoms with van der Waals surface area (Å²) in [6.45, 7) is 1.38. The molecule has 1 aliphatic rings. The number of phenols is 1. The Morgan fingerprint density at radius 1 is 1.47 bits per heavy atom. The van der Waals surface area contributed by atoms with Crippen LogP contribution in [0.1, 0.15) is 30.0 Å². The van der Waals surface area contributed by atoms with Crippen LogP contribution in [0.4, 0.5) is 0 Å². The molecular weight excluding hydrogens is 244 g/mol. The van der Waals surface area contributed by atoms with E-state index in [-0.39, 0.29) is 23.5 Å². The lowest BCUT2D eigenvalue weighted by Crippen LogP contribution is -2.27. The largest absolute Gasteiger partial charge is 0.504 e. The minimum atomic E-state index is -0.314. The normalized spacial score (nSPS) is 17.7. The molecule has 19 heavy (non-hydrogen) atoms. The Hall–Kier alpha value is -1.77. The first-order valence-electron chi connectivity index (χ1n) is 6.31. The summed E-state index contributed by atoms with van der Waals surface area (Å²) < 4.78 is 10.4. The Kier molecular flexibility index (Phi) is 4.25. The predicted molar refractivity (Wildman–Crippen MR) is 69.8 cm³/mol. The van der Waals surface area contributed by atoms with Crippen LogP contribution in [0.5, 0.6) is 11.5 Å². The van der Waals surface area contributed by atoms with Crippen LogP contribution < -0.4 is 10.5 Å². The molecule has 3 N–H and O–H groups in total. The number of hydrogen-bond acceptors (Lipinski definition) is 5. The van der Waals surface area contributed by atoms with Crippen molar-refractivity contribution in [2.24, 2.45) is 11.7 Å². The molecule has 102 valence electrons. The number of nitrogens with zero attached hydrogens (tertiary/aromatic N) is 1. The van der Waals surface area contributed by atoms with Gasteiger partial charge in [0.15, 0.2) is 11.5 Å². The molecule has 1 aromatic rings. The highest BCUT2D eigenvalue weighted by Gasteiger charge is 2.26. The number of hydrogen-bond donors (Lipinski definition) is 2. The average molecular weight is 262 g/mol. The van der Waals surface area contributed by atoms with E-state index in [0.29, 0.717) is 24.3 Å². The summed E-state index contributed by atoms with van der Waals surface area (Å²) in [5.41, 5.74) is 7.25. The van der Waals surface area contributed by atoms with Gasteiger partial charge >= 0.3 is 0 Å². The third-order valence-corrected chi connectivity index (χ3v) is 3.59. The van der Waals surface area contributed by atoms with Gasteiger partial charge in [0.1, 0.15) is 0 Å². The van der Waals surface area contributed by atoms with Crippen molar-refractivity contribution < 1.29 is 14.6 Å². The van der Waals surface area contributed by atoms with Crippen molar-refractivity contribution in [2.75, 3.05) is 20.3 Å². The van der Waals surface area contributed by atoms with E-state index in [0.717, 1.165) is 12.8 Å². The maximum atomic E-state index is 10.2. The van der Waals surface area contributed by atoms with Crippen LogP contribution in [0.25, 0.3) is 0 Å². The van der Waals surface area contributed by atoms with E-state index in [2.05, 4.69) is 6.07 Å². The molecule has 1 heterocycles. The van der Waals surface area contributed by atoms with E-state index in [1.165, 1.54) is 13.2 Å². The third-order valence-electron chi connectivity index (χ3n) is 3.59. The number of phenolic OH excluding ortho intramolecular Hbond substituents is 1. The molecule has 0 saturated carbocycles. The van der Waals surface area contributed by atoms with Crippen LogP contribution in [-0.2, 0) is 4.74 Å². The molecule has 1 aromatic carbocycles. The minimum absolute atomic E-state index is 0.0282. The number of ether oxygens (including phenoxy) is 2. The van der Waals surface area contributed by atoms with Crippen molar-refractivity contribution >= 4 is 0 Å². The highest BCUT2D eigenvalue weighted by molar-refractivity contribution is 5.52. The van der Waals surface area contributed by atoms with Crippen LogP contribution >= 0.6 is 0 Å². The second kappa shape index (κ2) is 5.91. The second-order valence-electron chi connectivity index (χ2n) is 4.70. The monoisotopic (exact) mass is 262 g/mol. The standard InChI is InChI=1S/C14H18N2O3/c1-18-12-7-9(8-15)6-11(14(12)17)13(16)10-2-4-19-5-3-10/h6-7,10,13,17H,2-5,16H2,1H3/t13-/m0/s1. The van der Waals surface area contributed by atoms with Crippen LogP contribution in [0.15, 0.2) is 12.1 Å². The van der Waals surface area contributed by atoms with Gasteiger partial charge in [-0.3, -0.25) is 0 Å². The van der Waals surface area contributed by atoms with Gasteiger partial charge in [-0.1, -0.05) is 0 Å². The Labute approximate surface area is 112 Å². The molecular formula is C14H18N2O3. The summed E-state index contributed by atoms with van der Waals surface area (Å²) in [6, 6.07) is 4.89. The summed E-state index contributed by atoms with van der Waals surface area (Å²) in [5, 5.41) is 19.2. The molecule has 0 bridgehead atoms. The van der Waals surface area contributed by atoms with Crippen molar-refractivity contribution in [3.63, 3.8) is 0 Å². The lowest BCUT2D eigenvalue weighted by molar-refractivity contribution is 0.0581. The Morgan fingerprint density at radius 2 is 2.16 bits per heavy atom. The molecule has 0 aromatic heterocycles. The van der Waals surface area contributed by atoms with Gasteiger partial charge in [-0.15, -0.1) is 0 Å². The molecule has 1 aliphatic heterocycles. The lowest BCUT2D eigenvalue weighted by atomic mass is 9.86. The van der Waals surface area contributed by atoms with E-state index in [9.17, 15) is 5.11 Å². The zero-order valence-electron chi connectivity index (χ0n) is 10.9. The summed E-state index contributed by atoms with van der Waals surface area (Å²) in [4.78, 5) is 0. The van der Waals surface area contributed by atoms with Crippen LogP contribution in [-0.4, -0.2) is 25.4 Å². The van der Waals surface area contributed by atoms with Gasteiger partial charge in [0.05, 0.1) is 18.7 Å². The van der Waals surface area contributed by atoms with Gasteiger partial charge < -0.3 is 20.3 Å². The molecule has 5 heteroatoms. The SMILES string of the molecule is COc1cc(C#N)cc([C@@H](N)C2CCOCC2)c1O. The van der Waals surface area contributed by atoms with E-state index in [4.69, 9.17) is 20.5 Å². The molecule has 1 atom stereocenters. The van der Waals surface area contributed by atoms with Gasteiger partial charge in [0, 0.05) is 30.9 Å². The minimum Gasteiger partial charge on any atom is -0.504 e. The predicted octanol–water partition coefficient (Wildman–Crippen LogP) is 1.70. The Bertz CT molecular complexity index is 490. The quantitative estimate of drug-likeness (QED) is 0.865. The highest BCUT2D eigenvalue weighted by Crippen LogP contribution is 2.38. The van der Waals surface area contributed by atoms with Gasteiger partial charge in [-0.2, -0.15) is 5.26 Å². The van der Waals surface area contributed by atoms with Crippen LogP contribution in [0.3, 0.4) is 0 Å². The molecule has 5 nitrogen and oxygen atoms in total. The maximum Gasteiger partial charge on any atom is 0.162 e. The van der Waals surface area contributed by atoms with Crippen molar-refractivity contribution in [1.29, 1.82) is 5.26 Å². The zero-order valence-corrected chi connectivity index (χ0v) is 10.9. The lowest BCUT2D eigenvalue weighted by Gasteiger charge is -2.28. The number of nitrogens with two attached hydrogens (primary N) is 1. The van der Waals surface area contributed by atoms with Crippen molar-refractivity contribution in [3.8, 4) is 17.6 Å². The molecule has 0 spiro atoms. The number of aromatic hydroxyl groups is 1. The summed E-state index contributed by atoms with van der Waals surface area (Å²) in [5.74, 6) is 0.565. The van der Waals surface area contributed by atoms with Crippen LogP contribution in [0, 0.1) is 17.2 Å². The van der Waals surface area contributed by atoms with E-state index in [1.807, 2.05) is 0 Å². The fraction of sp³-hybridized carbons (Fsp3) is 0.500. The zero-order chi connectivity index (χ0) is 13.8. The second-order valence-corrected chi connectivity index (χ2v) is 4.70. The van der Waals surface area contributed by atoms with E-state index in [1.54, 1.807) is 6.07 Å². The van der Waals surface area contributed by atoms with Gasteiger partial charge in [-0.25, -0.2) is 0 Å². The Morgan fingerprint density at radius 3 is 2.74 bits per heavy atom. The third kappa shape index (κ3) is 2.80. The molecule has 2 rings (SSSR count). The number of benzene rings is 1. The first-order valence-corrected chi connectivity index (χ1v) is 6.31. The molecule has 1 fully saturated rings.